The summed E-state index contributed by atoms with van der Waals surface area (Å²) in [5, 5.41) is 9.44. The highest BCUT2D eigenvalue weighted by molar-refractivity contribution is 14.0. The maximum Gasteiger partial charge on any atom is 0.221 e. The van der Waals surface area contributed by atoms with Gasteiger partial charge in [-0.25, -0.2) is 0 Å². The zero-order chi connectivity index (χ0) is 18.7. The third-order valence-electron chi connectivity index (χ3n) is 4.18. The first-order valence-corrected chi connectivity index (χ1v) is 9.34. The van der Waals surface area contributed by atoms with Crippen molar-refractivity contribution in [1.29, 1.82) is 0 Å². The largest absolute Gasteiger partial charge is 0.357 e. The second kappa shape index (κ2) is 13.8. The summed E-state index contributed by atoms with van der Waals surface area (Å²) in [4.78, 5) is 16.5. The number of amides is 1. The Kier molecular flexibility index (Phi) is 13.1. The number of benzene rings is 1. The summed E-state index contributed by atoms with van der Waals surface area (Å²) in [5.74, 6) is 1.19. The van der Waals surface area contributed by atoms with Gasteiger partial charge in [-0.3, -0.25) is 9.79 Å². The van der Waals surface area contributed by atoms with E-state index < -0.39 is 0 Å². The number of halogens is 1. The lowest BCUT2D eigenvalue weighted by Crippen LogP contribution is -2.40. The van der Waals surface area contributed by atoms with Crippen LogP contribution in [0.15, 0.2) is 29.3 Å². The molecule has 0 radical (unpaired) electrons. The lowest BCUT2D eigenvalue weighted by atomic mass is 10.0. The van der Waals surface area contributed by atoms with E-state index in [-0.39, 0.29) is 35.9 Å². The minimum Gasteiger partial charge on any atom is -0.357 e. The molecule has 0 aromatic heterocycles. The predicted octanol–water partition coefficient (Wildman–Crippen LogP) is 3.58. The van der Waals surface area contributed by atoms with Crippen LogP contribution in [-0.2, 0) is 4.79 Å². The van der Waals surface area contributed by atoms with Crippen molar-refractivity contribution in [3.63, 3.8) is 0 Å². The quantitative estimate of drug-likeness (QED) is 0.291. The van der Waals surface area contributed by atoms with Gasteiger partial charge in [-0.2, -0.15) is 0 Å². The molecule has 0 aliphatic rings. The van der Waals surface area contributed by atoms with Crippen LogP contribution in [0.1, 0.15) is 57.6 Å². The fourth-order valence-electron chi connectivity index (χ4n) is 2.31. The van der Waals surface area contributed by atoms with Crippen LogP contribution < -0.4 is 16.0 Å². The lowest BCUT2D eigenvalue weighted by Gasteiger charge is -2.15. The summed E-state index contributed by atoms with van der Waals surface area (Å²) >= 11 is 0. The van der Waals surface area contributed by atoms with Crippen molar-refractivity contribution in [3.8, 4) is 0 Å². The van der Waals surface area contributed by atoms with Crippen molar-refractivity contribution in [1.82, 2.24) is 16.0 Å². The zero-order valence-corrected chi connectivity index (χ0v) is 19.1. The Morgan fingerprint density at radius 2 is 1.77 bits per heavy atom. The summed E-state index contributed by atoms with van der Waals surface area (Å²) in [5.41, 5.74) is 2.56. The van der Waals surface area contributed by atoms with E-state index >= 15 is 0 Å². The number of hydrogen-bond acceptors (Lipinski definition) is 2. The minimum absolute atomic E-state index is 0. The smallest absolute Gasteiger partial charge is 0.221 e. The Morgan fingerprint density at radius 3 is 2.35 bits per heavy atom. The van der Waals surface area contributed by atoms with Gasteiger partial charge in [0.2, 0.25) is 5.91 Å². The van der Waals surface area contributed by atoms with Gasteiger partial charge in [0.15, 0.2) is 5.96 Å². The van der Waals surface area contributed by atoms with Crippen LogP contribution in [0.25, 0.3) is 0 Å². The van der Waals surface area contributed by atoms with E-state index in [1.165, 1.54) is 11.1 Å². The highest BCUT2D eigenvalue weighted by Gasteiger charge is 2.07. The van der Waals surface area contributed by atoms with Crippen LogP contribution in [0.5, 0.6) is 0 Å². The Bertz CT molecular complexity index is 545. The molecule has 1 aromatic carbocycles. The molecule has 0 saturated carbocycles. The SMILES string of the molecule is CCNC(=NCC(C)c1ccc(C)cc1)NCCC(=O)NC(C)CC.I. The molecule has 2 atom stereocenters. The average molecular weight is 474 g/mol. The van der Waals surface area contributed by atoms with Crippen molar-refractivity contribution in [2.75, 3.05) is 19.6 Å². The van der Waals surface area contributed by atoms with Gasteiger partial charge in [0.1, 0.15) is 0 Å². The Balaban J connectivity index is 0.00000625. The molecule has 0 aliphatic heterocycles. The topological polar surface area (TPSA) is 65.5 Å². The van der Waals surface area contributed by atoms with E-state index in [2.05, 4.69) is 66.0 Å². The van der Waals surface area contributed by atoms with Gasteiger partial charge in [0.05, 0.1) is 0 Å². The first kappa shape index (κ1) is 24.7. The summed E-state index contributed by atoms with van der Waals surface area (Å²) < 4.78 is 0. The van der Waals surface area contributed by atoms with Crippen molar-refractivity contribution >= 4 is 35.8 Å². The Hall–Kier alpha value is -1.31. The van der Waals surface area contributed by atoms with E-state index in [0.717, 1.165) is 18.9 Å². The first-order chi connectivity index (χ1) is 12.0. The fraction of sp³-hybridized carbons (Fsp3) is 0.600. The van der Waals surface area contributed by atoms with Crippen LogP contribution in [0.3, 0.4) is 0 Å². The van der Waals surface area contributed by atoms with E-state index in [1.807, 2.05) is 13.8 Å². The van der Waals surface area contributed by atoms with Crippen molar-refractivity contribution < 1.29 is 4.79 Å². The van der Waals surface area contributed by atoms with Crippen LogP contribution in [0.4, 0.5) is 0 Å². The summed E-state index contributed by atoms with van der Waals surface area (Å²) in [6, 6.07) is 8.82. The van der Waals surface area contributed by atoms with Crippen LogP contribution in [0.2, 0.25) is 0 Å². The number of rotatable bonds is 9. The van der Waals surface area contributed by atoms with Crippen molar-refractivity contribution in [2.24, 2.45) is 4.99 Å². The monoisotopic (exact) mass is 474 g/mol. The molecule has 2 unspecified atom stereocenters. The molecule has 1 aromatic rings. The third-order valence-corrected chi connectivity index (χ3v) is 4.18. The van der Waals surface area contributed by atoms with Crippen molar-refractivity contribution in [3.05, 3.63) is 35.4 Å². The molecule has 0 fully saturated rings. The number of carbonyl (C=O) groups excluding carboxylic acids is 1. The summed E-state index contributed by atoms with van der Waals surface area (Å²) in [6.07, 6.45) is 1.39. The third kappa shape index (κ3) is 9.99. The molecule has 0 heterocycles. The molecule has 3 N–H and O–H groups in total. The molecule has 0 saturated heterocycles. The van der Waals surface area contributed by atoms with Crippen LogP contribution in [0, 0.1) is 6.92 Å². The Morgan fingerprint density at radius 1 is 1.12 bits per heavy atom. The standard InChI is InChI=1S/C20H34N4O.HI/c1-6-17(5)24-19(25)12-13-22-20(21-7-2)23-14-16(4)18-10-8-15(3)9-11-18;/h8-11,16-17H,6-7,12-14H2,1-5H3,(H,24,25)(H2,21,22,23);1H. The Labute approximate surface area is 175 Å². The average Bonchev–Trinajstić information content (AvgIpc) is 2.59. The minimum atomic E-state index is 0. The van der Waals surface area contributed by atoms with Crippen LogP contribution in [-0.4, -0.2) is 37.5 Å². The predicted molar refractivity (Wildman–Crippen MR) is 122 cm³/mol. The van der Waals surface area contributed by atoms with Crippen LogP contribution >= 0.6 is 24.0 Å². The molecule has 1 amide bonds. The second-order valence-electron chi connectivity index (χ2n) is 6.58. The molecular weight excluding hydrogens is 439 g/mol. The highest BCUT2D eigenvalue weighted by atomic mass is 127. The van der Waals surface area contributed by atoms with Gasteiger partial charge in [-0.1, -0.05) is 43.7 Å². The number of nitrogens with zero attached hydrogens (tertiary/aromatic N) is 1. The van der Waals surface area contributed by atoms with Gasteiger partial charge in [-0.15, -0.1) is 24.0 Å². The molecule has 0 spiro atoms. The highest BCUT2D eigenvalue weighted by Crippen LogP contribution is 2.15. The van der Waals surface area contributed by atoms with E-state index in [0.29, 0.717) is 25.4 Å². The number of guanidine groups is 1. The number of nitrogens with one attached hydrogen (secondary N) is 3. The maximum absolute atomic E-state index is 11.8. The number of carbonyl (C=O) groups is 1. The molecule has 6 heteroatoms. The number of hydrogen-bond donors (Lipinski definition) is 3. The molecule has 0 aliphatic carbocycles. The lowest BCUT2D eigenvalue weighted by molar-refractivity contribution is -0.121. The maximum atomic E-state index is 11.8. The number of aryl methyl sites for hydroxylation is 1. The van der Waals surface area contributed by atoms with E-state index in [4.69, 9.17) is 0 Å². The fourth-order valence-corrected chi connectivity index (χ4v) is 2.31. The van der Waals surface area contributed by atoms with E-state index in [9.17, 15) is 4.79 Å². The molecule has 5 nitrogen and oxygen atoms in total. The van der Waals surface area contributed by atoms with Gasteiger partial charge in [0.25, 0.3) is 0 Å². The molecular formula is C20H35IN4O. The summed E-state index contributed by atoms with van der Waals surface area (Å²) in [7, 11) is 0. The molecule has 148 valence electrons. The van der Waals surface area contributed by atoms with Gasteiger partial charge < -0.3 is 16.0 Å². The molecule has 1 rings (SSSR count). The first-order valence-electron chi connectivity index (χ1n) is 9.34. The van der Waals surface area contributed by atoms with Crippen molar-refractivity contribution in [2.45, 2.75) is 59.4 Å². The van der Waals surface area contributed by atoms with Gasteiger partial charge in [-0.05, 0) is 32.8 Å². The molecule has 0 bridgehead atoms. The van der Waals surface area contributed by atoms with E-state index in [1.54, 1.807) is 0 Å². The normalized spacial score (nSPS) is 13.3. The number of aliphatic imine (C=N–C) groups is 1. The second-order valence-corrected chi connectivity index (χ2v) is 6.58. The summed E-state index contributed by atoms with van der Waals surface area (Å²) in [6.45, 7) is 12.5. The molecule has 26 heavy (non-hydrogen) atoms. The van der Waals surface area contributed by atoms with Gasteiger partial charge in [0, 0.05) is 38.0 Å². The zero-order valence-electron chi connectivity index (χ0n) is 16.8. The van der Waals surface area contributed by atoms with Gasteiger partial charge >= 0.3 is 0 Å².